The molecule has 138 valence electrons. The highest BCUT2D eigenvalue weighted by Gasteiger charge is 2.11. The SMILES string of the molecule is Cc1ccc(S(=O)(=O)N/N=C/c2ccc(N(C)c3ccccc3)cc2)cc1. The summed E-state index contributed by atoms with van der Waals surface area (Å²) in [5, 5.41) is 3.87. The van der Waals surface area contributed by atoms with Crippen molar-refractivity contribution in [3.8, 4) is 0 Å². The number of nitrogens with zero attached hydrogens (tertiary/aromatic N) is 2. The molecule has 0 heterocycles. The predicted molar refractivity (Wildman–Crippen MR) is 110 cm³/mol. The van der Waals surface area contributed by atoms with Crippen LogP contribution in [0.5, 0.6) is 0 Å². The highest BCUT2D eigenvalue weighted by atomic mass is 32.2. The van der Waals surface area contributed by atoms with Crippen LogP contribution in [0.4, 0.5) is 11.4 Å². The third-order valence-corrected chi connectivity index (χ3v) is 5.38. The van der Waals surface area contributed by atoms with Gasteiger partial charge >= 0.3 is 0 Å². The van der Waals surface area contributed by atoms with Gasteiger partial charge in [0.15, 0.2) is 0 Å². The van der Waals surface area contributed by atoms with Gasteiger partial charge < -0.3 is 4.90 Å². The molecule has 0 spiro atoms. The molecule has 0 fully saturated rings. The molecule has 3 aromatic rings. The molecule has 0 saturated heterocycles. The van der Waals surface area contributed by atoms with E-state index in [1.54, 1.807) is 24.3 Å². The van der Waals surface area contributed by atoms with Crippen LogP contribution in [-0.4, -0.2) is 21.7 Å². The Morgan fingerprint density at radius 1 is 0.852 bits per heavy atom. The predicted octanol–water partition coefficient (Wildman–Crippen LogP) is 4.08. The zero-order valence-electron chi connectivity index (χ0n) is 15.2. The molecule has 1 N–H and O–H groups in total. The highest BCUT2D eigenvalue weighted by molar-refractivity contribution is 7.89. The zero-order chi connectivity index (χ0) is 19.3. The third-order valence-electron chi connectivity index (χ3n) is 4.14. The van der Waals surface area contributed by atoms with Crippen LogP contribution >= 0.6 is 0 Å². The second-order valence-electron chi connectivity index (χ2n) is 6.15. The van der Waals surface area contributed by atoms with E-state index in [4.69, 9.17) is 0 Å². The first-order valence-corrected chi connectivity index (χ1v) is 9.94. The fourth-order valence-electron chi connectivity index (χ4n) is 2.53. The van der Waals surface area contributed by atoms with Gasteiger partial charge in [-0.15, -0.1) is 0 Å². The first kappa shape index (κ1) is 18.7. The van der Waals surface area contributed by atoms with Crippen LogP contribution in [0.15, 0.2) is 88.9 Å². The lowest BCUT2D eigenvalue weighted by molar-refractivity contribution is 0.584. The molecule has 0 aliphatic carbocycles. The first-order valence-electron chi connectivity index (χ1n) is 8.46. The smallest absolute Gasteiger partial charge is 0.276 e. The molecule has 27 heavy (non-hydrogen) atoms. The van der Waals surface area contributed by atoms with Gasteiger partial charge in [0.2, 0.25) is 0 Å². The van der Waals surface area contributed by atoms with Crippen molar-refractivity contribution in [3.05, 3.63) is 90.0 Å². The molecule has 0 bridgehead atoms. The molecule has 3 rings (SSSR count). The number of para-hydroxylation sites is 1. The average molecular weight is 379 g/mol. The van der Waals surface area contributed by atoms with Gasteiger partial charge in [0.25, 0.3) is 10.0 Å². The van der Waals surface area contributed by atoms with Gasteiger partial charge in [-0.05, 0) is 48.9 Å². The van der Waals surface area contributed by atoms with E-state index in [-0.39, 0.29) is 4.90 Å². The van der Waals surface area contributed by atoms with Crippen LogP contribution in [0.25, 0.3) is 0 Å². The fourth-order valence-corrected chi connectivity index (χ4v) is 3.32. The molecule has 6 heteroatoms. The molecule has 0 unspecified atom stereocenters. The standard InChI is InChI=1S/C21H21N3O2S/c1-17-8-14-21(15-9-17)27(25,26)23-22-16-18-10-12-20(13-11-18)24(2)19-6-4-3-5-7-19/h3-16,23H,1-2H3/b22-16+. The average Bonchev–Trinajstić information content (AvgIpc) is 2.69. The van der Waals surface area contributed by atoms with E-state index < -0.39 is 10.0 Å². The Hall–Kier alpha value is -3.12. The van der Waals surface area contributed by atoms with Crippen molar-refractivity contribution in [2.45, 2.75) is 11.8 Å². The van der Waals surface area contributed by atoms with Crippen molar-refractivity contribution in [1.82, 2.24) is 4.83 Å². The molecule has 0 aliphatic heterocycles. The lowest BCUT2D eigenvalue weighted by Crippen LogP contribution is -2.18. The number of anilines is 2. The molecule has 0 radical (unpaired) electrons. The van der Waals surface area contributed by atoms with Gasteiger partial charge in [-0.2, -0.15) is 13.5 Å². The molecule has 0 amide bonds. The summed E-state index contributed by atoms with van der Waals surface area (Å²) in [6, 6.07) is 24.4. The Morgan fingerprint density at radius 2 is 1.44 bits per heavy atom. The molecule has 0 aromatic heterocycles. The number of hydrogen-bond acceptors (Lipinski definition) is 4. The van der Waals surface area contributed by atoms with Gasteiger partial charge in [0.1, 0.15) is 0 Å². The minimum atomic E-state index is -3.66. The number of nitrogens with one attached hydrogen (secondary N) is 1. The Kier molecular flexibility index (Phi) is 5.57. The molecule has 0 aliphatic rings. The maximum atomic E-state index is 12.2. The summed E-state index contributed by atoms with van der Waals surface area (Å²) in [6.45, 7) is 1.90. The minimum Gasteiger partial charge on any atom is -0.345 e. The quantitative estimate of drug-likeness (QED) is 0.519. The number of aryl methyl sites for hydroxylation is 1. The number of hydrazone groups is 1. The maximum Gasteiger partial charge on any atom is 0.276 e. The largest absolute Gasteiger partial charge is 0.345 e. The van der Waals surface area contributed by atoms with Crippen molar-refractivity contribution in [2.75, 3.05) is 11.9 Å². The lowest BCUT2D eigenvalue weighted by atomic mass is 10.2. The van der Waals surface area contributed by atoms with E-state index in [0.717, 1.165) is 22.5 Å². The maximum absolute atomic E-state index is 12.2. The third kappa shape index (κ3) is 4.74. The summed E-state index contributed by atoms with van der Waals surface area (Å²) in [5.41, 5.74) is 3.91. The Balaban J connectivity index is 1.66. The molecule has 0 atom stereocenters. The summed E-state index contributed by atoms with van der Waals surface area (Å²) >= 11 is 0. The van der Waals surface area contributed by atoms with Gasteiger partial charge in [-0.3, -0.25) is 0 Å². The van der Waals surface area contributed by atoms with Gasteiger partial charge in [0, 0.05) is 18.4 Å². The van der Waals surface area contributed by atoms with Crippen LogP contribution in [-0.2, 0) is 10.0 Å². The van der Waals surface area contributed by atoms with Gasteiger partial charge in [-0.1, -0.05) is 48.0 Å². The van der Waals surface area contributed by atoms with E-state index >= 15 is 0 Å². The van der Waals surface area contributed by atoms with E-state index in [1.807, 2.05) is 68.6 Å². The molecular formula is C21H21N3O2S. The topological polar surface area (TPSA) is 61.8 Å². The fraction of sp³-hybridized carbons (Fsp3) is 0.0952. The van der Waals surface area contributed by atoms with Crippen molar-refractivity contribution in [3.63, 3.8) is 0 Å². The minimum absolute atomic E-state index is 0.185. The Labute approximate surface area is 160 Å². The van der Waals surface area contributed by atoms with Crippen molar-refractivity contribution >= 4 is 27.6 Å². The molecule has 5 nitrogen and oxygen atoms in total. The zero-order valence-corrected chi connectivity index (χ0v) is 16.0. The number of rotatable bonds is 6. The van der Waals surface area contributed by atoms with Crippen molar-refractivity contribution in [1.29, 1.82) is 0 Å². The normalized spacial score (nSPS) is 11.5. The summed E-state index contributed by atoms with van der Waals surface area (Å²) in [6.07, 6.45) is 1.48. The van der Waals surface area contributed by atoms with Crippen LogP contribution in [0.3, 0.4) is 0 Å². The van der Waals surface area contributed by atoms with E-state index in [9.17, 15) is 8.42 Å². The van der Waals surface area contributed by atoms with Crippen LogP contribution in [0.2, 0.25) is 0 Å². The van der Waals surface area contributed by atoms with E-state index in [0.29, 0.717) is 0 Å². The second-order valence-corrected chi connectivity index (χ2v) is 7.81. The number of benzene rings is 3. The Bertz CT molecular complexity index is 1010. The summed E-state index contributed by atoms with van der Waals surface area (Å²) in [7, 11) is -1.67. The summed E-state index contributed by atoms with van der Waals surface area (Å²) < 4.78 is 24.4. The lowest BCUT2D eigenvalue weighted by Gasteiger charge is -2.19. The van der Waals surface area contributed by atoms with Crippen LogP contribution < -0.4 is 9.73 Å². The molecule has 0 saturated carbocycles. The van der Waals surface area contributed by atoms with Crippen molar-refractivity contribution in [2.24, 2.45) is 5.10 Å². The molecule has 3 aromatic carbocycles. The van der Waals surface area contributed by atoms with Crippen molar-refractivity contribution < 1.29 is 8.42 Å². The summed E-state index contributed by atoms with van der Waals surface area (Å²) in [4.78, 5) is 4.49. The monoisotopic (exact) mass is 379 g/mol. The summed E-state index contributed by atoms with van der Waals surface area (Å²) in [5.74, 6) is 0. The number of sulfonamides is 1. The molecular weight excluding hydrogens is 358 g/mol. The Morgan fingerprint density at radius 3 is 2.07 bits per heavy atom. The van der Waals surface area contributed by atoms with Crippen LogP contribution in [0.1, 0.15) is 11.1 Å². The highest BCUT2D eigenvalue weighted by Crippen LogP contribution is 2.22. The van der Waals surface area contributed by atoms with Gasteiger partial charge in [0.05, 0.1) is 11.1 Å². The number of hydrogen-bond donors (Lipinski definition) is 1. The second kappa shape index (κ2) is 8.05. The van der Waals surface area contributed by atoms with Gasteiger partial charge in [-0.25, -0.2) is 4.83 Å². The van der Waals surface area contributed by atoms with E-state index in [2.05, 4.69) is 14.8 Å². The van der Waals surface area contributed by atoms with Crippen LogP contribution in [0, 0.1) is 6.92 Å². The van der Waals surface area contributed by atoms with E-state index in [1.165, 1.54) is 6.21 Å². The first-order chi connectivity index (χ1) is 13.0.